The number of anilines is 1. The van der Waals surface area contributed by atoms with Gasteiger partial charge in [0.2, 0.25) is 5.91 Å². The molecule has 4 aliphatic rings. The van der Waals surface area contributed by atoms with Crippen molar-refractivity contribution >= 4 is 11.6 Å². The van der Waals surface area contributed by atoms with Gasteiger partial charge in [0.1, 0.15) is 0 Å². The number of halogens is 3. The molecule has 1 aromatic heterocycles. The van der Waals surface area contributed by atoms with Gasteiger partial charge >= 0.3 is 6.18 Å². The fourth-order valence-electron chi connectivity index (χ4n) is 7.29. The SMILES string of the molecule is O=C(N1CCc2ncc(C(F)(F)F)cc2C1)[C@@]12CCC[C@@H]1C[C@H](N1CCN(c3ccccc3)CC1)C2. The minimum Gasteiger partial charge on any atom is -0.369 e. The number of hydrogen-bond donors (Lipinski definition) is 0. The van der Waals surface area contributed by atoms with Crippen LogP contribution in [-0.2, 0) is 23.9 Å². The Morgan fingerprint density at radius 3 is 2.58 bits per heavy atom. The van der Waals surface area contributed by atoms with Gasteiger partial charge in [0.05, 0.1) is 11.0 Å². The fraction of sp³-hybridized carbons (Fsp3) is 0.571. The molecular weight excluding hydrogens is 465 g/mol. The summed E-state index contributed by atoms with van der Waals surface area (Å²) in [7, 11) is 0. The first kappa shape index (κ1) is 23.8. The Morgan fingerprint density at radius 1 is 1.06 bits per heavy atom. The molecule has 6 rings (SSSR count). The van der Waals surface area contributed by atoms with E-state index in [1.807, 2.05) is 11.0 Å². The highest BCUT2D eigenvalue weighted by molar-refractivity contribution is 5.84. The number of pyridine rings is 1. The van der Waals surface area contributed by atoms with Gasteiger partial charge in [-0.05, 0) is 55.4 Å². The van der Waals surface area contributed by atoms with Crippen LogP contribution in [0.15, 0.2) is 42.6 Å². The largest absolute Gasteiger partial charge is 0.417 e. The summed E-state index contributed by atoms with van der Waals surface area (Å²) < 4.78 is 39.7. The molecule has 3 atom stereocenters. The highest BCUT2D eigenvalue weighted by Gasteiger charge is 2.57. The van der Waals surface area contributed by atoms with E-state index in [2.05, 4.69) is 39.0 Å². The molecule has 5 nitrogen and oxygen atoms in total. The topological polar surface area (TPSA) is 39.7 Å². The molecule has 1 aromatic carbocycles. The second-order valence-corrected chi connectivity index (χ2v) is 11.0. The van der Waals surface area contributed by atoms with E-state index in [-0.39, 0.29) is 17.9 Å². The normalized spacial score (nSPS) is 28.8. The van der Waals surface area contributed by atoms with Gasteiger partial charge in [-0.3, -0.25) is 14.7 Å². The lowest BCUT2D eigenvalue weighted by Crippen LogP contribution is -2.51. The number of para-hydroxylation sites is 1. The second-order valence-electron chi connectivity index (χ2n) is 11.0. The average molecular weight is 499 g/mol. The highest BCUT2D eigenvalue weighted by atomic mass is 19.4. The van der Waals surface area contributed by atoms with E-state index in [0.29, 0.717) is 36.2 Å². The number of carbonyl (C=O) groups excluding carboxylic acids is 1. The van der Waals surface area contributed by atoms with Gasteiger partial charge in [0, 0.05) is 69.3 Å². The van der Waals surface area contributed by atoms with Crippen LogP contribution in [-0.4, -0.2) is 59.5 Å². The van der Waals surface area contributed by atoms with Gasteiger partial charge in [0.15, 0.2) is 0 Å². The first-order chi connectivity index (χ1) is 17.3. The van der Waals surface area contributed by atoms with Gasteiger partial charge in [-0.25, -0.2) is 0 Å². The Bertz CT molecular complexity index is 1120. The number of benzene rings is 1. The molecule has 3 heterocycles. The van der Waals surface area contributed by atoms with Crippen molar-refractivity contribution in [3.8, 4) is 0 Å². The summed E-state index contributed by atoms with van der Waals surface area (Å²) in [4.78, 5) is 24.9. The predicted molar refractivity (Wildman–Crippen MR) is 131 cm³/mol. The average Bonchev–Trinajstić information content (AvgIpc) is 3.46. The molecule has 36 heavy (non-hydrogen) atoms. The number of carbonyl (C=O) groups is 1. The molecule has 0 spiro atoms. The van der Waals surface area contributed by atoms with E-state index >= 15 is 0 Å². The van der Waals surface area contributed by atoms with Crippen LogP contribution < -0.4 is 4.90 Å². The molecule has 2 aliphatic carbocycles. The zero-order valence-corrected chi connectivity index (χ0v) is 20.5. The summed E-state index contributed by atoms with van der Waals surface area (Å²) >= 11 is 0. The number of piperazine rings is 1. The third kappa shape index (κ3) is 4.17. The second kappa shape index (κ2) is 9.05. The van der Waals surface area contributed by atoms with E-state index in [1.54, 1.807) is 0 Å². The number of aromatic nitrogens is 1. The molecule has 0 N–H and O–H groups in total. The number of fused-ring (bicyclic) bond motifs is 2. The molecule has 0 radical (unpaired) electrons. The summed E-state index contributed by atoms with van der Waals surface area (Å²) in [5.41, 5.74) is 1.41. The Labute approximate surface area is 210 Å². The lowest BCUT2D eigenvalue weighted by atomic mass is 9.78. The van der Waals surface area contributed by atoms with Crippen LogP contribution in [0.1, 0.15) is 48.9 Å². The van der Waals surface area contributed by atoms with Crippen LogP contribution in [0.3, 0.4) is 0 Å². The van der Waals surface area contributed by atoms with Crippen molar-refractivity contribution in [3.05, 3.63) is 59.4 Å². The van der Waals surface area contributed by atoms with E-state index in [9.17, 15) is 18.0 Å². The maximum atomic E-state index is 14.0. The summed E-state index contributed by atoms with van der Waals surface area (Å²) in [5.74, 6) is 0.543. The molecule has 2 saturated carbocycles. The molecule has 2 aliphatic heterocycles. The number of alkyl halides is 3. The summed E-state index contributed by atoms with van der Waals surface area (Å²) in [6.07, 6.45) is 2.00. The molecule has 0 unspecified atom stereocenters. The highest BCUT2D eigenvalue weighted by Crippen LogP contribution is 2.56. The van der Waals surface area contributed by atoms with E-state index in [1.165, 1.54) is 11.8 Å². The van der Waals surface area contributed by atoms with Crippen LogP contribution >= 0.6 is 0 Å². The van der Waals surface area contributed by atoms with Crippen molar-refractivity contribution in [2.24, 2.45) is 11.3 Å². The first-order valence-corrected chi connectivity index (χ1v) is 13.2. The molecular formula is C28H33F3N4O. The fourth-order valence-corrected chi connectivity index (χ4v) is 7.29. The quantitative estimate of drug-likeness (QED) is 0.612. The van der Waals surface area contributed by atoms with Gasteiger partial charge in [-0.1, -0.05) is 24.6 Å². The maximum Gasteiger partial charge on any atom is 0.417 e. The number of rotatable bonds is 3. The van der Waals surface area contributed by atoms with Crippen LogP contribution in [0.2, 0.25) is 0 Å². The third-order valence-electron chi connectivity index (χ3n) is 9.15. The van der Waals surface area contributed by atoms with Gasteiger partial charge in [-0.15, -0.1) is 0 Å². The number of nitrogens with zero attached hydrogens (tertiary/aromatic N) is 4. The van der Waals surface area contributed by atoms with Crippen molar-refractivity contribution < 1.29 is 18.0 Å². The monoisotopic (exact) mass is 498 g/mol. The maximum absolute atomic E-state index is 14.0. The first-order valence-electron chi connectivity index (χ1n) is 13.2. The molecule has 2 aromatic rings. The molecule has 1 saturated heterocycles. The van der Waals surface area contributed by atoms with Crippen LogP contribution in [0.4, 0.5) is 18.9 Å². The Hall–Kier alpha value is -2.61. The Morgan fingerprint density at radius 2 is 1.83 bits per heavy atom. The predicted octanol–water partition coefficient (Wildman–Crippen LogP) is 4.76. The number of hydrogen-bond acceptors (Lipinski definition) is 4. The molecule has 192 valence electrons. The zero-order valence-electron chi connectivity index (χ0n) is 20.5. The van der Waals surface area contributed by atoms with Gasteiger partial charge in [0.25, 0.3) is 0 Å². The van der Waals surface area contributed by atoms with Crippen molar-refractivity contribution in [2.45, 2.75) is 57.3 Å². The van der Waals surface area contributed by atoms with Crippen LogP contribution in [0.5, 0.6) is 0 Å². The summed E-state index contributed by atoms with van der Waals surface area (Å²) in [5, 5.41) is 0. The van der Waals surface area contributed by atoms with Crippen molar-refractivity contribution in [3.63, 3.8) is 0 Å². The summed E-state index contributed by atoms with van der Waals surface area (Å²) in [6, 6.07) is 12.1. The van der Waals surface area contributed by atoms with E-state index < -0.39 is 11.7 Å². The standard InChI is InChI=1S/C28H33F3N4O/c29-28(30,31)22-15-20-19-35(10-8-25(20)32-18-22)26(36)27-9-4-5-21(27)16-24(17-27)34-13-11-33(12-14-34)23-6-2-1-3-7-23/h1-3,6-7,15,18,21,24H,4-5,8-14,16-17,19H2/t21-,24+,27-/m1/s1. The number of amides is 1. The molecule has 3 fully saturated rings. The minimum absolute atomic E-state index is 0.165. The lowest BCUT2D eigenvalue weighted by Gasteiger charge is -2.40. The van der Waals surface area contributed by atoms with Gasteiger partial charge in [-0.2, -0.15) is 13.2 Å². The zero-order chi connectivity index (χ0) is 24.9. The molecule has 0 bridgehead atoms. The van der Waals surface area contributed by atoms with E-state index in [0.717, 1.165) is 64.5 Å². The summed E-state index contributed by atoms with van der Waals surface area (Å²) in [6.45, 7) is 4.76. The minimum atomic E-state index is -4.42. The van der Waals surface area contributed by atoms with Crippen molar-refractivity contribution in [1.82, 2.24) is 14.8 Å². The Balaban J connectivity index is 1.14. The van der Waals surface area contributed by atoms with Crippen LogP contribution in [0, 0.1) is 11.3 Å². The van der Waals surface area contributed by atoms with E-state index in [4.69, 9.17) is 0 Å². The van der Waals surface area contributed by atoms with Gasteiger partial charge < -0.3 is 9.80 Å². The van der Waals surface area contributed by atoms with Crippen LogP contribution in [0.25, 0.3) is 0 Å². The lowest BCUT2D eigenvalue weighted by molar-refractivity contribution is -0.144. The third-order valence-corrected chi connectivity index (χ3v) is 9.15. The Kier molecular flexibility index (Phi) is 5.97. The molecule has 1 amide bonds. The molecule has 8 heteroatoms. The smallest absolute Gasteiger partial charge is 0.369 e. The van der Waals surface area contributed by atoms with Crippen molar-refractivity contribution in [1.29, 1.82) is 0 Å². The van der Waals surface area contributed by atoms with Crippen molar-refractivity contribution in [2.75, 3.05) is 37.6 Å².